The largest absolute Gasteiger partial charge is 0.374 e. The Labute approximate surface area is 108 Å². The Morgan fingerprint density at radius 3 is 2.31 bits per heavy atom. The van der Waals surface area contributed by atoms with Gasteiger partial charge in [-0.2, -0.15) is 0 Å². The minimum absolute atomic E-state index is 0.166. The molecule has 0 amide bonds. The summed E-state index contributed by atoms with van der Waals surface area (Å²) in [6.45, 7) is 3.34. The normalized spacial score (nSPS) is 27.4. The van der Waals surface area contributed by atoms with Crippen LogP contribution in [0.1, 0.15) is 58.3 Å². The van der Waals surface area contributed by atoms with E-state index in [-0.39, 0.29) is 5.60 Å². The summed E-state index contributed by atoms with van der Waals surface area (Å²) >= 11 is 3.68. The second kappa shape index (κ2) is 5.86. The van der Waals surface area contributed by atoms with Crippen LogP contribution in [-0.4, -0.2) is 17.5 Å². The van der Waals surface area contributed by atoms with Gasteiger partial charge in [0.1, 0.15) is 0 Å². The molecule has 2 aliphatic rings. The van der Waals surface area contributed by atoms with E-state index in [1.165, 1.54) is 51.4 Å². The van der Waals surface area contributed by atoms with Gasteiger partial charge in [0.05, 0.1) is 12.2 Å². The molecule has 1 unspecified atom stereocenters. The van der Waals surface area contributed by atoms with Gasteiger partial charge in [-0.05, 0) is 37.5 Å². The van der Waals surface area contributed by atoms with Gasteiger partial charge < -0.3 is 4.74 Å². The third-order valence-corrected chi connectivity index (χ3v) is 5.36. The van der Waals surface area contributed by atoms with Crippen molar-refractivity contribution in [2.75, 3.05) is 11.9 Å². The molecule has 0 heterocycles. The van der Waals surface area contributed by atoms with Gasteiger partial charge in [0, 0.05) is 5.33 Å². The number of alkyl halides is 1. The van der Waals surface area contributed by atoms with Crippen molar-refractivity contribution in [3.63, 3.8) is 0 Å². The van der Waals surface area contributed by atoms with Crippen LogP contribution >= 0.6 is 15.9 Å². The first-order valence-corrected chi connectivity index (χ1v) is 8.08. The third kappa shape index (κ3) is 3.46. The highest BCUT2D eigenvalue weighted by molar-refractivity contribution is 9.09. The predicted molar refractivity (Wildman–Crippen MR) is 72.1 cm³/mol. The lowest BCUT2D eigenvalue weighted by Crippen LogP contribution is -2.35. The minimum Gasteiger partial charge on any atom is -0.374 e. The number of hydrogen-bond acceptors (Lipinski definition) is 1. The lowest BCUT2D eigenvalue weighted by atomic mass is 9.96. The molecule has 16 heavy (non-hydrogen) atoms. The Balaban J connectivity index is 1.81. The second-order valence-electron chi connectivity index (χ2n) is 5.86. The van der Waals surface area contributed by atoms with Crippen molar-refractivity contribution in [3.8, 4) is 0 Å². The summed E-state index contributed by atoms with van der Waals surface area (Å²) in [6, 6.07) is 0. The number of ether oxygens (including phenoxy) is 1. The van der Waals surface area contributed by atoms with Crippen LogP contribution in [-0.2, 0) is 4.74 Å². The molecule has 2 rings (SSSR count). The topological polar surface area (TPSA) is 9.23 Å². The standard InChI is InChI=1S/C14H25BrO/c1-12(13-6-7-13)10-16-14(11-15)8-4-2-3-5-9-14/h12-13H,2-11H2,1H3. The highest BCUT2D eigenvalue weighted by Gasteiger charge is 2.34. The van der Waals surface area contributed by atoms with Crippen molar-refractivity contribution in [1.82, 2.24) is 0 Å². The van der Waals surface area contributed by atoms with E-state index in [0.717, 1.165) is 23.8 Å². The van der Waals surface area contributed by atoms with Crippen LogP contribution in [0.5, 0.6) is 0 Å². The summed E-state index contributed by atoms with van der Waals surface area (Å²) in [5.74, 6) is 1.75. The predicted octanol–water partition coefficient (Wildman–Crippen LogP) is 4.54. The highest BCUT2D eigenvalue weighted by Crippen LogP contribution is 2.38. The zero-order valence-electron chi connectivity index (χ0n) is 10.5. The fourth-order valence-electron chi connectivity index (χ4n) is 2.80. The Kier molecular flexibility index (Phi) is 4.72. The van der Waals surface area contributed by atoms with E-state index in [1.807, 2.05) is 0 Å². The van der Waals surface area contributed by atoms with E-state index in [1.54, 1.807) is 0 Å². The number of hydrogen-bond donors (Lipinski definition) is 0. The molecule has 0 aromatic carbocycles. The van der Waals surface area contributed by atoms with Gasteiger partial charge in [0.25, 0.3) is 0 Å². The SMILES string of the molecule is CC(COC1(CBr)CCCCCC1)C1CC1. The maximum atomic E-state index is 6.32. The lowest BCUT2D eigenvalue weighted by Gasteiger charge is -2.32. The lowest BCUT2D eigenvalue weighted by molar-refractivity contribution is -0.0537. The van der Waals surface area contributed by atoms with Crippen molar-refractivity contribution in [1.29, 1.82) is 0 Å². The van der Waals surface area contributed by atoms with Gasteiger partial charge in [-0.1, -0.05) is 48.5 Å². The van der Waals surface area contributed by atoms with Gasteiger partial charge in [-0.25, -0.2) is 0 Å². The van der Waals surface area contributed by atoms with E-state index in [9.17, 15) is 0 Å². The molecule has 1 atom stereocenters. The summed E-state index contributed by atoms with van der Waals surface area (Å²) in [7, 11) is 0. The number of rotatable bonds is 5. The maximum Gasteiger partial charge on any atom is 0.0779 e. The van der Waals surface area contributed by atoms with Crippen LogP contribution in [0, 0.1) is 11.8 Å². The first-order valence-electron chi connectivity index (χ1n) is 6.96. The molecule has 0 aromatic rings. The van der Waals surface area contributed by atoms with Gasteiger partial charge >= 0.3 is 0 Å². The van der Waals surface area contributed by atoms with E-state index >= 15 is 0 Å². The monoisotopic (exact) mass is 288 g/mol. The van der Waals surface area contributed by atoms with Crippen LogP contribution in [0.2, 0.25) is 0 Å². The molecule has 0 N–H and O–H groups in total. The molecule has 0 aliphatic heterocycles. The Bertz CT molecular complexity index is 205. The van der Waals surface area contributed by atoms with Crippen LogP contribution in [0.3, 0.4) is 0 Å². The maximum absolute atomic E-state index is 6.32. The minimum atomic E-state index is 0.166. The quantitative estimate of drug-likeness (QED) is 0.533. The Morgan fingerprint density at radius 1 is 1.19 bits per heavy atom. The molecule has 94 valence electrons. The summed E-state index contributed by atoms with van der Waals surface area (Å²) in [6.07, 6.45) is 10.9. The van der Waals surface area contributed by atoms with Gasteiger partial charge in [-0.3, -0.25) is 0 Å². The zero-order valence-corrected chi connectivity index (χ0v) is 12.1. The molecular weight excluding hydrogens is 264 g/mol. The average Bonchev–Trinajstić information content (AvgIpc) is 3.13. The molecule has 0 saturated heterocycles. The zero-order chi connectivity index (χ0) is 11.4. The van der Waals surface area contributed by atoms with Crippen molar-refractivity contribution in [2.45, 2.75) is 63.9 Å². The summed E-state index contributed by atoms with van der Waals surface area (Å²) in [4.78, 5) is 0. The summed E-state index contributed by atoms with van der Waals surface area (Å²) < 4.78 is 6.32. The molecule has 2 heteroatoms. The molecule has 2 saturated carbocycles. The van der Waals surface area contributed by atoms with E-state index in [4.69, 9.17) is 4.74 Å². The van der Waals surface area contributed by atoms with E-state index < -0.39 is 0 Å². The fraction of sp³-hybridized carbons (Fsp3) is 1.00. The fourth-order valence-corrected chi connectivity index (χ4v) is 3.52. The van der Waals surface area contributed by atoms with Crippen LogP contribution < -0.4 is 0 Å². The van der Waals surface area contributed by atoms with Crippen molar-refractivity contribution in [3.05, 3.63) is 0 Å². The van der Waals surface area contributed by atoms with E-state index in [2.05, 4.69) is 22.9 Å². The first-order chi connectivity index (χ1) is 7.76. The van der Waals surface area contributed by atoms with Crippen molar-refractivity contribution < 1.29 is 4.74 Å². The molecular formula is C14H25BrO. The van der Waals surface area contributed by atoms with Crippen molar-refractivity contribution >= 4 is 15.9 Å². The van der Waals surface area contributed by atoms with Gasteiger partial charge in [0.2, 0.25) is 0 Å². The Hall–Kier alpha value is 0.440. The van der Waals surface area contributed by atoms with Gasteiger partial charge in [0.15, 0.2) is 0 Å². The Morgan fingerprint density at radius 2 is 1.81 bits per heavy atom. The van der Waals surface area contributed by atoms with Gasteiger partial charge in [-0.15, -0.1) is 0 Å². The highest BCUT2D eigenvalue weighted by atomic mass is 79.9. The van der Waals surface area contributed by atoms with Crippen LogP contribution in [0.25, 0.3) is 0 Å². The molecule has 2 fully saturated rings. The molecule has 1 nitrogen and oxygen atoms in total. The molecule has 2 aliphatic carbocycles. The average molecular weight is 289 g/mol. The molecule has 0 aromatic heterocycles. The molecule has 0 spiro atoms. The first kappa shape index (κ1) is 12.9. The second-order valence-corrected chi connectivity index (χ2v) is 6.42. The summed E-state index contributed by atoms with van der Waals surface area (Å²) in [5, 5.41) is 1.03. The van der Waals surface area contributed by atoms with Crippen LogP contribution in [0.4, 0.5) is 0 Å². The molecule has 0 bridgehead atoms. The summed E-state index contributed by atoms with van der Waals surface area (Å²) in [5.41, 5.74) is 0.166. The van der Waals surface area contributed by atoms with Crippen LogP contribution in [0.15, 0.2) is 0 Å². The third-order valence-electron chi connectivity index (χ3n) is 4.34. The van der Waals surface area contributed by atoms with E-state index in [0.29, 0.717) is 0 Å². The molecule has 0 radical (unpaired) electrons. The van der Waals surface area contributed by atoms with Crippen molar-refractivity contribution in [2.24, 2.45) is 11.8 Å². The number of halogens is 1. The smallest absolute Gasteiger partial charge is 0.0779 e.